The molecule has 0 atom stereocenters. The van der Waals surface area contributed by atoms with Gasteiger partial charge in [-0.25, -0.2) is 8.78 Å². The third-order valence-electron chi connectivity index (χ3n) is 2.99. The second kappa shape index (κ2) is 10.6. The van der Waals surface area contributed by atoms with Crippen LogP contribution in [0.25, 0.3) is 0 Å². The lowest BCUT2D eigenvalue weighted by atomic mass is 10.2. The fourth-order valence-electron chi connectivity index (χ4n) is 1.83. The van der Waals surface area contributed by atoms with Gasteiger partial charge in [-0.3, -0.25) is 15.6 Å². The lowest BCUT2D eigenvalue weighted by molar-refractivity contribution is 0.0991. The van der Waals surface area contributed by atoms with Gasteiger partial charge in [-0.1, -0.05) is 49.3 Å². The molecule has 4 N–H and O–H groups in total. The number of amides is 1. The zero-order valence-electron chi connectivity index (χ0n) is 14.6. The van der Waals surface area contributed by atoms with E-state index in [1.165, 1.54) is 0 Å². The Morgan fingerprint density at radius 3 is 2.30 bits per heavy atom. The maximum atomic E-state index is 14.0. The van der Waals surface area contributed by atoms with Crippen LogP contribution in [0.3, 0.4) is 0 Å². The van der Waals surface area contributed by atoms with Gasteiger partial charge in [-0.2, -0.15) is 0 Å². The Balaban J connectivity index is 0.00000176. The van der Waals surface area contributed by atoms with Crippen molar-refractivity contribution in [3.63, 3.8) is 0 Å². The van der Waals surface area contributed by atoms with Crippen molar-refractivity contribution in [1.29, 1.82) is 10.8 Å². The molecule has 0 aromatic heterocycles. The van der Waals surface area contributed by atoms with Crippen molar-refractivity contribution >= 4 is 39.4 Å². The third-order valence-corrected chi connectivity index (χ3v) is 4.05. The molecule has 2 rings (SSSR count). The van der Waals surface area contributed by atoms with Gasteiger partial charge in [0, 0.05) is 10.6 Å². The fourth-order valence-corrected chi connectivity index (χ4v) is 2.57. The molecule has 0 aliphatic carbocycles. The van der Waals surface area contributed by atoms with E-state index in [1.54, 1.807) is 24.3 Å². The molecule has 144 valence electrons. The summed E-state index contributed by atoms with van der Waals surface area (Å²) in [5.74, 6) is -3.97. The van der Waals surface area contributed by atoms with Gasteiger partial charge in [0.05, 0.1) is 0 Å². The number of carbonyl (C=O) groups is 1. The third kappa shape index (κ3) is 6.33. The highest BCUT2D eigenvalue weighted by molar-refractivity contribution is 8.26. The molecular weight excluding hydrogens is 396 g/mol. The first-order chi connectivity index (χ1) is 12.8. The molecule has 0 unspecified atom stereocenters. The fraction of sp³-hybridized carbons (Fsp3) is 0.167. The normalized spacial score (nSPS) is 9.81. The van der Waals surface area contributed by atoms with Gasteiger partial charge < -0.3 is 10.5 Å². The molecular formula is C18H18ClF2N3O2S. The van der Waals surface area contributed by atoms with E-state index in [1.807, 2.05) is 13.8 Å². The number of hydrogen-bond donors (Lipinski definition) is 3. The van der Waals surface area contributed by atoms with Crippen LogP contribution < -0.4 is 10.5 Å². The molecule has 0 radical (unpaired) electrons. The average Bonchev–Trinajstić information content (AvgIpc) is 2.63. The summed E-state index contributed by atoms with van der Waals surface area (Å²) in [6.45, 7) is 3.64. The van der Waals surface area contributed by atoms with Crippen LogP contribution in [0.4, 0.5) is 8.78 Å². The van der Waals surface area contributed by atoms with Crippen LogP contribution in [0.15, 0.2) is 36.4 Å². The van der Waals surface area contributed by atoms with E-state index in [0.29, 0.717) is 10.6 Å². The van der Waals surface area contributed by atoms with Crippen LogP contribution in [0.2, 0.25) is 5.02 Å². The summed E-state index contributed by atoms with van der Waals surface area (Å²) in [5.41, 5.74) is 4.58. The Labute approximate surface area is 164 Å². The van der Waals surface area contributed by atoms with E-state index in [-0.39, 0.29) is 16.7 Å². The number of carbonyl (C=O) groups excluding carboxylic acids is 1. The largest absolute Gasteiger partial charge is 0.484 e. The first-order valence-corrected chi connectivity index (χ1v) is 8.99. The molecule has 0 fully saturated rings. The van der Waals surface area contributed by atoms with Gasteiger partial charge in [0.1, 0.15) is 28.1 Å². The van der Waals surface area contributed by atoms with E-state index in [0.717, 1.165) is 23.9 Å². The van der Waals surface area contributed by atoms with Gasteiger partial charge in [-0.15, -0.1) is 0 Å². The highest BCUT2D eigenvalue weighted by Gasteiger charge is 2.19. The van der Waals surface area contributed by atoms with Gasteiger partial charge in [0.15, 0.2) is 11.6 Å². The Kier molecular flexibility index (Phi) is 8.90. The lowest BCUT2D eigenvalue weighted by Gasteiger charge is -2.10. The molecule has 0 aliphatic rings. The number of hydrogen-bond acceptors (Lipinski definition) is 5. The number of ether oxygens (including phenoxy) is 1. The zero-order chi connectivity index (χ0) is 20.6. The first-order valence-electron chi connectivity index (χ1n) is 7.80. The molecule has 0 spiro atoms. The monoisotopic (exact) mass is 413 g/mol. The number of nitrogens with one attached hydrogen (secondary N) is 2. The van der Waals surface area contributed by atoms with Gasteiger partial charge in [0.2, 0.25) is 0 Å². The number of primary amides is 1. The summed E-state index contributed by atoms with van der Waals surface area (Å²) in [4.78, 5) is 11.1. The highest BCUT2D eigenvalue weighted by Crippen LogP contribution is 2.24. The number of thioether (sulfide) groups is 1. The number of halogens is 3. The molecule has 0 aliphatic heterocycles. The average molecular weight is 414 g/mol. The number of rotatable bonds is 5. The Bertz CT molecular complexity index is 845. The maximum absolute atomic E-state index is 14.0. The first kappa shape index (κ1) is 22.6. The summed E-state index contributed by atoms with van der Waals surface area (Å²) < 4.78 is 32.5. The van der Waals surface area contributed by atoms with Crippen LogP contribution in [0.5, 0.6) is 5.75 Å². The molecule has 1 amide bonds. The van der Waals surface area contributed by atoms with Crippen LogP contribution in [0, 0.1) is 22.5 Å². The highest BCUT2D eigenvalue weighted by atomic mass is 35.5. The van der Waals surface area contributed by atoms with Crippen molar-refractivity contribution in [3.05, 3.63) is 64.2 Å². The molecule has 27 heavy (non-hydrogen) atoms. The molecule has 0 bridgehead atoms. The lowest BCUT2D eigenvalue weighted by Crippen LogP contribution is -2.17. The van der Waals surface area contributed by atoms with E-state index >= 15 is 0 Å². The smallest absolute Gasteiger partial charge is 0.254 e. The van der Waals surface area contributed by atoms with Crippen molar-refractivity contribution in [2.24, 2.45) is 5.73 Å². The topological polar surface area (TPSA) is 100 Å². The molecule has 0 saturated heterocycles. The van der Waals surface area contributed by atoms with Gasteiger partial charge >= 0.3 is 0 Å². The minimum Gasteiger partial charge on any atom is -0.484 e. The zero-order valence-corrected chi connectivity index (χ0v) is 16.2. The Morgan fingerprint density at radius 1 is 1.15 bits per heavy atom. The van der Waals surface area contributed by atoms with Gasteiger partial charge in [-0.05, 0) is 24.3 Å². The molecule has 0 heterocycles. The van der Waals surface area contributed by atoms with Crippen LogP contribution in [-0.4, -0.2) is 22.6 Å². The summed E-state index contributed by atoms with van der Waals surface area (Å²) in [6, 6.07) is 8.34. The second-order valence-electron chi connectivity index (χ2n) is 4.75. The number of benzene rings is 2. The molecule has 5 nitrogen and oxygen atoms in total. The molecule has 2 aromatic carbocycles. The maximum Gasteiger partial charge on any atom is 0.254 e. The predicted octanol–water partition coefficient (Wildman–Crippen LogP) is 4.86. The quantitative estimate of drug-likeness (QED) is 0.482. The summed E-state index contributed by atoms with van der Waals surface area (Å²) in [6.07, 6.45) is 0. The number of nitrogens with two attached hydrogens (primary N) is 1. The van der Waals surface area contributed by atoms with E-state index in [4.69, 9.17) is 32.9 Å². The second-order valence-corrected chi connectivity index (χ2v) is 6.29. The van der Waals surface area contributed by atoms with E-state index in [9.17, 15) is 13.6 Å². The van der Waals surface area contributed by atoms with E-state index < -0.39 is 28.9 Å². The van der Waals surface area contributed by atoms with Crippen molar-refractivity contribution < 1.29 is 18.3 Å². The Morgan fingerprint density at radius 2 is 1.74 bits per heavy atom. The minimum atomic E-state index is -1.26. The van der Waals surface area contributed by atoms with Crippen LogP contribution in [-0.2, 0) is 0 Å². The molecule has 9 heteroatoms. The Hall–Kier alpha value is -2.45. The summed E-state index contributed by atoms with van der Waals surface area (Å²) in [5, 5.41) is 16.2. The SMILES string of the molecule is CC.N=C(COc1ccc(F)c(C(N)=O)c1F)SC(=N)c1ccc(Cl)cc1. The minimum absolute atomic E-state index is 0.0794. The molecule has 0 saturated carbocycles. The van der Waals surface area contributed by atoms with E-state index in [2.05, 4.69) is 0 Å². The van der Waals surface area contributed by atoms with Crippen LogP contribution >= 0.6 is 23.4 Å². The predicted molar refractivity (Wildman–Crippen MR) is 105 cm³/mol. The summed E-state index contributed by atoms with van der Waals surface area (Å²) >= 11 is 6.57. The van der Waals surface area contributed by atoms with Crippen molar-refractivity contribution in [2.45, 2.75) is 13.8 Å². The van der Waals surface area contributed by atoms with Gasteiger partial charge in [0.25, 0.3) is 5.91 Å². The summed E-state index contributed by atoms with van der Waals surface area (Å²) in [7, 11) is 0. The standard InChI is InChI=1S/C16H12ClF2N3O2S.C2H6/c17-9-3-1-8(2-4-9)16(22)25-12(20)7-24-11-6-5-10(18)13(14(11)19)15(21)23;1-2/h1-6,20,22H,7H2,(H2,21,23);1-2H3. The van der Waals surface area contributed by atoms with Crippen LogP contribution in [0.1, 0.15) is 29.8 Å². The molecule has 2 aromatic rings. The van der Waals surface area contributed by atoms with Crippen molar-refractivity contribution in [2.75, 3.05) is 6.61 Å². The van der Waals surface area contributed by atoms with Crippen molar-refractivity contribution in [3.8, 4) is 5.75 Å². The van der Waals surface area contributed by atoms with Crippen molar-refractivity contribution in [1.82, 2.24) is 0 Å².